The molecule has 2 rings (SSSR count). The number of carbonyl (C=O) groups excluding carboxylic acids is 1. The molecule has 2 aromatic rings. The third-order valence-corrected chi connectivity index (χ3v) is 2.87. The Kier molecular flexibility index (Phi) is 2.77. The predicted octanol–water partition coefficient (Wildman–Crippen LogP) is 1.17. The highest BCUT2D eigenvalue weighted by molar-refractivity contribution is 7.99. The van der Waals surface area contributed by atoms with Gasteiger partial charge in [0.2, 0.25) is 0 Å². The van der Waals surface area contributed by atoms with E-state index in [2.05, 4.69) is 15.1 Å². The maximum atomic E-state index is 10.7. The van der Waals surface area contributed by atoms with Gasteiger partial charge in [-0.15, -0.1) is 0 Å². The molecule has 6 heteroatoms. The number of aryl methyl sites for hydroxylation is 1. The molecule has 0 bridgehead atoms. The highest BCUT2D eigenvalue weighted by Crippen LogP contribution is 2.25. The largest absolute Gasteiger partial charge is 0.298 e. The summed E-state index contributed by atoms with van der Waals surface area (Å²) in [5.41, 5.74) is 0.561. The number of nitrogens with zero attached hydrogens (tertiary/aromatic N) is 4. The monoisotopic (exact) mass is 220 g/mol. The number of carbonyl (C=O) groups is 1. The van der Waals surface area contributed by atoms with Gasteiger partial charge in [-0.3, -0.25) is 4.79 Å². The van der Waals surface area contributed by atoms with Crippen LogP contribution < -0.4 is 0 Å². The Morgan fingerprint density at radius 1 is 1.47 bits per heavy atom. The van der Waals surface area contributed by atoms with Crippen molar-refractivity contribution in [3.05, 3.63) is 30.2 Å². The van der Waals surface area contributed by atoms with E-state index < -0.39 is 0 Å². The molecule has 0 unspecified atom stereocenters. The van der Waals surface area contributed by atoms with Crippen LogP contribution in [0.25, 0.3) is 0 Å². The fraction of sp³-hybridized carbons (Fsp3) is 0.111. The van der Waals surface area contributed by atoms with Crippen molar-refractivity contribution < 1.29 is 4.79 Å². The topological polar surface area (TPSA) is 60.7 Å². The summed E-state index contributed by atoms with van der Waals surface area (Å²) >= 11 is 1.32. The lowest BCUT2D eigenvalue weighted by atomic mass is 10.3. The van der Waals surface area contributed by atoms with Gasteiger partial charge >= 0.3 is 0 Å². The predicted molar refractivity (Wildman–Crippen MR) is 54.8 cm³/mol. The molecule has 0 N–H and O–H groups in total. The maximum Gasteiger partial charge on any atom is 0.192 e. The van der Waals surface area contributed by atoms with Crippen molar-refractivity contribution in [1.82, 2.24) is 19.7 Å². The first-order valence-electron chi connectivity index (χ1n) is 4.23. The number of hydrogen-bond donors (Lipinski definition) is 0. The number of rotatable bonds is 3. The normalized spacial score (nSPS) is 10.2. The first-order valence-corrected chi connectivity index (χ1v) is 5.05. The smallest absolute Gasteiger partial charge is 0.192 e. The van der Waals surface area contributed by atoms with Crippen molar-refractivity contribution >= 4 is 18.0 Å². The first kappa shape index (κ1) is 9.85. The van der Waals surface area contributed by atoms with Gasteiger partial charge in [-0.25, -0.2) is 14.6 Å². The quantitative estimate of drug-likeness (QED) is 0.727. The summed E-state index contributed by atoms with van der Waals surface area (Å²) < 4.78 is 1.63. The van der Waals surface area contributed by atoms with Gasteiger partial charge in [-0.05, 0) is 23.9 Å². The summed E-state index contributed by atoms with van der Waals surface area (Å²) in [6, 6.07) is 3.45. The van der Waals surface area contributed by atoms with Crippen molar-refractivity contribution in [2.24, 2.45) is 7.05 Å². The second-order valence-electron chi connectivity index (χ2n) is 2.78. The first-order chi connectivity index (χ1) is 7.31. The van der Waals surface area contributed by atoms with Crippen molar-refractivity contribution in [3.8, 4) is 0 Å². The number of pyridine rings is 1. The van der Waals surface area contributed by atoms with E-state index in [1.165, 1.54) is 18.1 Å². The van der Waals surface area contributed by atoms with Crippen LogP contribution in [0.3, 0.4) is 0 Å². The van der Waals surface area contributed by atoms with Crippen LogP contribution in [0.15, 0.2) is 34.8 Å². The lowest BCUT2D eigenvalue weighted by Gasteiger charge is -2.01. The van der Waals surface area contributed by atoms with Gasteiger partial charge in [-0.2, -0.15) is 5.10 Å². The molecule has 0 radical (unpaired) electrons. The molecule has 0 aliphatic carbocycles. The van der Waals surface area contributed by atoms with Gasteiger partial charge in [0.1, 0.15) is 11.4 Å². The molecule has 0 aromatic carbocycles. The second kappa shape index (κ2) is 4.22. The molecule has 0 saturated carbocycles. The molecule has 5 nitrogen and oxygen atoms in total. The van der Waals surface area contributed by atoms with Crippen LogP contribution in [-0.4, -0.2) is 26.0 Å². The molecular weight excluding hydrogens is 212 g/mol. The Balaban J connectivity index is 2.32. The molecule has 0 atom stereocenters. The van der Waals surface area contributed by atoms with Crippen LogP contribution in [0.4, 0.5) is 0 Å². The van der Waals surface area contributed by atoms with Crippen LogP contribution >= 0.6 is 11.8 Å². The van der Waals surface area contributed by atoms with Gasteiger partial charge in [0, 0.05) is 18.8 Å². The van der Waals surface area contributed by atoms with Crippen molar-refractivity contribution in [3.63, 3.8) is 0 Å². The minimum absolute atomic E-state index is 0.561. The van der Waals surface area contributed by atoms with Gasteiger partial charge < -0.3 is 0 Å². The average molecular weight is 220 g/mol. The van der Waals surface area contributed by atoms with Crippen LogP contribution in [0.2, 0.25) is 0 Å². The van der Waals surface area contributed by atoms with Gasteiger partial charge in [0.05, 0.1) is 0 Å². The summed E-state index contributed by atoms with van der Waals surface area (Å²) in [5, 5.41) is 5.28. The summed E-state index contributed by atoms with van der Waals surface area (Å²) in [7, 11) is 1.79. The van der Waals surface area contributed by atoms with E-state index in [0.717, 1.165) is 6.29 Å². The molecule has 2 heterocycles. The third kappa shape index (κ3) is 2.04. The fourth-order valence-electron chi connectivity index (χ4n) is 1.04. The Labute approximate surface area is 90.5 Å². The standard InChI is InChI=1S/C9H8N4OS/c1-13-9(11-6-12-13)15-8-7(5-14)3-2-4-10-8/h2-6H,1H3. The van der Waals surface area contributed by atoms with E-state index in [4.69, 9.17) is 0 Å². The Bertz CT molecular complexity index is 482. The zero-order valence-corrected chi connectivity index (χ0v) is 8.81. The lowest BCUT2D eigenvalue weighted by molar-refractivity contribution is 0.112. The average Bonchev–Trinajstić information content (AvgIpc) is 2.65. The highest BCUT2D eigenvalue weighted by atomic mass is 32.2. The van der Waals surface area contributed by atoms with Gasteiger partial charge in [0.15, 0.2) is 11.4 Å². The minimum Gasteiger partial charge on any atom is -0.298 e. The molecule has 15 heavy (non-hydrogen) atoms. The molecule has 0 aliphatic rings. The molecular formula is C9H8N4OS. The molecule has 0 spiro atoms. The number of hydrogen-bond acceptors (Lipinski definition) is 5. The Morgan fingerprint density at radius 2 is 2.33 bits per heavy atom. The van der Waals surface area contributed by atoms with Crippen molar-refractivity contribution in [1.29, 1.82) is 0 Å². The zero-order chi connectivity index (χ0) is 10.7. The minimum atomic E-state index is 0.561. The third-order valence-electron chi connectivity index (χ3n) is 1.79. The number of aromatic nitrogens is 4. The summed E-state index contributed by atoms with van der Waals surface area (Å²) in [6.45, 7) is 0. The fourth-order valence-corrected chi connectivity index (χ4v) is 1.84. The molecule has 0 saturated heterocycles. The van der Waals surface area contributed by atoms with Crippen LogP contribution in [0, 0.1) is 0 Å². The zero-order valence-electron chi connectivity index (χ0n) is 7.99. The van der Waals surface area contributed by atoms with Gasteiger partial charge in [0.25, 0.3) is 0 Å². The van der Waals surface area contributed by atoms with E-state index in [9.17, 15) is 4.79 Å². The van der Waals surface area contributed by atoms with Crippen molar-refractivity contribution in [2.75, 3.05) is 0 Å². The van der Waals surface area contributed by atoms with Crippen LogP contribution in [0.1, 0.15) is 10.4 Å². The molecule has 76 valence electrons. The second-order valence-corrected chi connectivity index (χ2v) is 3.74. The maximum absolute atomic E-state index is 10.7. The molecule has 0 aliphatic heterocycles. The molecule has 0 fully saturated rings. The van der Waals surface area contributed by atoms with Crippen LogP contribution in [0.5, 0.6) is 0 Å². The van der Waals surface area contributed by atoms with Gasteiger partial charge in [-0.1, -0.05) is 0 Å². The molecule has 2 aromatic heterocycles. The van der Waals surface area contributed by atoms with E-state index >= 15 is 0 Å². The van der Waals surface area contributed by atoms with Crippen LogP contribution in [-0.2, 0) is 7.05 Å². The van der Waals surface area contributed by atoms with E-state index in [0.29, 0.717) is 15.7 Å². The van der Waals surface area contributed by atoms with E-state index in [-0.39, 0.29) is 0 Å². The van der Waals surface area contributed by atoms with E-state index in [1.807, 2.05) is 0 Å². The number of aldehydes is 1. The summed E-state index contributed by atoms with van der Waals surface area (Å²) in [4.78, 5) is 18.9. The highest BCUT2D eigenvalue weighted by Gasteiger charge is 2.08. The Morgan fingerprint density at radius 3 is 3.00 bits per heavy atom. The van der Waals surface area contributed by atoms with Crippen molar-refractivity contribution in [2.45, 2.75) is 10.2 Å². The summed E-state index contributed by atoms with van der Waals surface area (Å²) in [5.74, 6) is 0. The SMILES string of the molecule is Cn1ncnc1Sc1ncccc1C=O. The molecule has 0 amide bonds. The van der Waals surface area contributed by atoms with E-state index in [1.54, 1.807) is 30.1 Å². The lowest BCUT2D eigenvalue weighted by Crippen LogP contribution is -1.95. The summed E-state index contributed by atoms with van der Waals surface area (Å²) in [6.07, 6.45) is 3.89. The Hall–Kier alpha value is -1.69.